The summed E-state index contributed by atoms with van der Waals surface area (Å²) in [6.07, 6.45) is 3.84. The largest absolute Gasteiger partial charge is 0.376 e. The van der Waals surface area contributed by atoms with Crippen LogP contribution in [-0.4, -0.2) is 35.1 Å². The molecule has 1 aromatic carbocycles. The fraction of sp³-hybridized carbons (Fsp3) is 0.348. The maximum absolute atomic E-state index is 13.2. The molecule has 2 saturated heterocycles. The van der Waals surface area contributed by atoms with Crippen LogP contribution in [0, 0.1) is 20.8 Å². The summed E-state index contributed by atoms with van der Waals surface area (Å²) < 4.78 is 8.77. The van der Waals surface area contributed by atoms with Crippen molar-refractivity contribution in [3.63, 3.8) is 0 Å². The molecule has 0 unspecified atom stereocenters. The van der Waals surface area contributed by atoms with Crippen LogP contribution in [-0.2, 0) is 20.9 Å². The van der Waals surface area contributed by atoms with Crippen LogP contribution in [0.25, 0.3) is 6.08 Å². The van der Waals surface area contributed by atoms with Gasteiger partial charge in [0.2, 0.25) is 0 Å². The van der Waals surface area contributed by atoms with E-state index >= 15 is 0 Å². The Kier molecular flexibility index (Phi) is 5.85. The highest BCUT2D eigenvalue weighted by Crippen LogP contribution is 2.28. The van der Waals surface area contributed by atoms with Crippen LogP contribution in [0.1, 0.15) is 35.4 Å². The summed E-state index contributed by atoms with van der Waals surface area (Å²) in [7, 11) is 0. The van der Waals surface area contributed by atoms with Crippen LogP contribution in [0.4, 0.5) is 10.5 Å². The Morgan fingerprint density at radius 1 is 1.19 bits per heavy atom. The molecular formula is C23H24BrN3O4. The van der Waals surface area contributed by atoms with Gasteiger partial charge in [-0.15, -0.1) is 0 Å². The predicted octanol–water partition coefficient (Wildman–Crippen LogP) is 4.02. The number of hydrogen-bond acceptors (Lipinski definition) is 4. The maximum atomic E-state index is 13.2. The van der Waals surface area contributed by atoms with Crippen molar-refractivity contribution in [1.82, 2.24) is 9.88 Å². The molecule has 2 aliphatic rings. The Morgan fingerprint density at radius 3 is 2.65 bits per heavy atom. The molecule has 4 rings (SSSR count). The van der Waals surface area contributed by atoms with Crippen LogP contribution in [0.3, 0.4) is 0 Å². The lowest BCUT2D eigenvalue weighted by molar-refractivity contribution is -0.122. The van der Waals surface area contributed by atoms with E-state index in [1.54, 1.807) is 24.3 Å². The average Bonchev–Trinajstić information content (AvgIpc) is 3.32. The van der Waals surface area contributed by atoms with Gasteiger partial charge in [0.15, 0.2) is 0 Å². The number of carbonyl (C=O) groups excluding carboxylic acids is 3. The van der Waals surface area contributed by atoms with Gasteiger partial charge in [-0.3, -0.25) is 14.9 Å². The molecule has 1 aromatic heterocycles. The summed E-state index contributed by atoms with van der Waals surface area (Å²) in [4.78, 5) is 39.1. The van der Waals surface area contributed by atoms with Gasteiger partial charge in [0.25, 0.3) is 11.8 Å². The van der Waals surface area contributed by atoms with E-state index in [-0.39, 0.29) is 11.7 Å². The molecule has 0 saturated carbocycles. The molecule has 31 heavy (non-hydrogen) atoms. The average molecular weight is 486 g/mol. The van der Waals surface area contributed by atoms with Gasteiger partial charge in [-0.05, 0) is 75.1 Å². The molecule has 162 valence electrons. The maximum Gasteiger partial charge on any atom is 0.335 e. The van der Waals surface area contributed by atoms with Crippen LogP contribution >= 0.6 is 15.9 Å². The monoisotopic (exact) mass is 485 g/mol. The van der Waals surface area contributed by atoms with E-state index in [4.69, 9.17) is 4.74 Å². The zero-order valence-electron chi connectivity index (χ0n) is 17.7. The lowest BCUT2D eigenvalue weighted by Crippen LogP contribution is -2.54. The second-order valence-corrected chi connectivity index (χ2v) is 8.82. The quantitative estimate of drug-likeness (QED) is 0.523. The minimum atomic E-state index is -0.752. The van der Waals surface area contributed by atoms with Gasteiger partial charge >= 0.3 is 6.03 Å². The number of hydrogen-bond donors (Lipinski definition) is 1. The molecular weight excluding hydrogens is 462 g/mol. The summed E-state index contributed by atoms with van der Waals surface area (Å²) in [5.41, 5.74) is 3.96. The predicted molar refractivity (Wildman–Crippen MR) is 121 cm³/mol. The van der Waals surface area contributed by atoms with E-state index in [2.05, 4.69) is 25.8 Å². The zero-order chi connectivity index (χ0) is 22.3. The van der Waals surface area contributed by atoms with Crippen molar-refractivity contribution in [2.24, 2.45) is 0 Å². The second-order valence-electron chi connectivity index (χ2n) is 7.96. The fourth-order valence-corrected chi connectivity index (χ4v) is 4.31. The number of benzene rings is 1. The third-order valence-electron chi connectivity index (χ3n) is 5.82. The van der Waals surface area contributed by atoms with Gasteiger partial charge < -0.3 is 9.30 Å². The first-order valence-electron chi connectivity index (χ1n) is 10.2. The van der Waals surface area contributed by atoms with Crippen molar-refractivity contribution in [2.45, 2.75) is 46.3 Å². The van der Waals surface area contributed by atoms with Crippen LogP contribution in [0.2, 0.25) is 0 Å². The number of rotatable bonds is 4. The van der Waals surface area contributed by atoms with Crippen molar-refractivity contribution in [1.29, 1.82) is 0 Å². The zero-order valence-corrected chi connectivity index (χ0v) is 19.3. The number of barbiturate groups is 1. The molecule has 3 heterocycles. The van der Waals surface area contributed by atoms with Crippen molar-refractivity contribution in [3.8, 4) is 0 Å². The molecule has 8 heteroatoms. The van der Waals surface area contributed by atoms with Crippen molar-refractivity contribution >= 4 is 45.5 Å². The summed E-state index contributed by atoms with van der Waals surface area (Å²) in [6, 6.07) is 6.35. The molecule has 2 fully saturated rings. The number of imide groups is 2. The Bertz CT molecular complexity index is 1110. The lowest BCUT2D eigenvalue weighted by atomic mass is 10.1. The van der Waals surface area contributed by atoms with Gasteiger partial charge in [-0.2, -0.15) is 0 Å². The number of carbonyl (C=O) groups is 3. The topological polar surface area (TPSA) is 80.6 Å². The van der Waals surface area contributed by atoms with Crippen molar-refractivity contribution < 1.29 is 19.1 Å². The highest BCUT2D eigenvalue weighted by Gasteiger charge is 2.37. The fourth-order valence-electron chi connectivity index (χ4n) is 4.06. The third kappa shape index (κ3) is 4.09. The minimum Gasteiger partial charge on any atom is -0.376 e. The molecule has 7 nitrogen and oxygen atoms in total. The van der Waals surface area contributed by atoms with Crippen LogP contribution in [0.5, 0.6) is 0 Å². The van der Waals surface area contributed by atoms with Gasteiger partial charge in [0, 0.05) is 29.0 Å². The lowest BCUT2D eigenvalue weighted by Gasteiger charge is -2.26. The summed E-state index contributed by atoms with van der Waals surface area (Å²) >= 11 is 3.42. The molecule has 2 aromatic rings. The summed E-state index contributed by atoms with van der Waals surface area (Å²) in [6.45, 7) is 7.34. The van der Waals surface area contributed by atoms with Crippen LogP contribution < -0.4 is 10.2 Å². The van der Waals surface area contributed by atoms with Gasteiger partial charge in [-0.1, -0.05) is 15.9 Å². The molecule has 1 N–H and O–H groups in total. The smallest absolute Gasteiger partial charge is 0.335 e. The number of aryl methyl sites for hydroxylation is 2. The number of urea groups is 1. The molecule has 0 radical (unpaired) electrons. The Balaban J connectivity index is 1.68. The molecule has 4 amide bonds. The van der Waals surface area contributed by atoms with E-state index < -0.39 is 17.8 Å². The first kappa shape index (κ1) is 21.5. The van der Waals surface area contributed by atoms with Crippen molar-refractivity contribution in [3.05, 3.63) is 56.8 Å². The second kappa shape index (κ2) is 8.43. The first-order valence-corrected chi connectivity index (χ1v) is 11.0. The molecule has 0 bridgehead atoms. The third-order valence-corrected chi connectivity index (χ3v) is 6.71. The molecule has 0 spiro atoms. The number of amides is 4. The molecule has 0 aliphatic carbocycles. The number of ether oxygens (including phenoxy) is 1. The van der Waals surface area contributed by atoms with Crippen molar-refractivity contribution in [2.75, 3.05) is 11.5 Å². The first-order chi connectivity index (χ1) is 14.8. The number of anilines is 1. The normalized spacial score (nSPS) is 20.6. The Morgan fingerprint density at radius 2 is 1.97 bits per heavy atom. The number of nitrogens with one attached hydrogen (secondary N) is 1. The highest BCUT2D eigenvalue weighted by atomic mass is 79.9. The van der Waals surface area contributed by atoms with E-state index in [9.17, 15) is 14.4 Å². The number of halogens is 1. The Labute approximate surface area is 189 Å². The number of nitrogens with zero attached hydrogens (tertiary/aromatic N) is 2. The van der Waals surface area contributed by atoms with E-state index in [1.807, 2.05) is 26.8 Å². The highest BCUT2D eigenvalue weighted by molar-refractivity contribution is 9.10. The Hall–Kier alpha value is -2.71. The van der Waals surface area contributed by atoms with Gasteiger partial charge in [0.05, 0.1) is 11.8 Å². The van der Waals surface area contributed by atoms with E-state index in [1.165, 1.54) is 0 Å². The number of aromatic nitrogens is 1. The van der Waals surface area contributed by atoms with E-state index in [0.29, 0.717) is 5.69 Å². The van der Waals surface area contributed by atoms with Gasteiger partial charge in [-0.25, -0.2) is 9.69 Å². The standard InChI is InChI=1S/C23H24BrN3O4/c1-13-9-17(6-7-20(13)24)27-22(29)19(21(28)25-23(27)30)11-16-10-14(2)26(15(16)3)12-18-5-4-8-31-18/h6-7,9-11,18H,4-5,8,12H2,1-3H3,(H,25,28,30)/b19-11+/t18-/m0/s1. The summed E-state index contributed by atoms with van der Waals surface area (Å²) in [5, 5.41) is 2.28. The molecule has 2 aliphatic heterocycles. The minimum absolute atomic E-state index is 0.0717. The van der Waals surface area contributed by atoms with E-state index in [0.717, 1.165) is 57.9 Å². The SMILES string of the molecule is Cc1cc(N2C(=O)NC(=O)/C(=C\c3cc(C)n(C[C@@H]4CCCO4)c3C)C2=O)ccc1Br. The summed E-state index contributed by atoms with van der Waals surface area (Å²) in [5.74, 6) is -1.33. The molecule has 1 atom stereocenters. The van der Waals surface area contributed by atoms with Crippen LogP contribution in [0.15, 0.2) is 34.3 Å². The van der Waals surface area contributed by atoms with Gasteiger partial charge in [0.1, 0.15) is 5.57 Å².